The quantitative estimate of drug-likeness (QED) is 0.166. The van der Waals surface area contributed by atoms with E-state index in [1.54, 1.807) is 27.2 Å². The summed E-state index contributed by atoms with van der Waals surface area (Å²) in [5, 5.41) is 23.8. The molecule has 7 rings (SSSR count). The minimum Gasteiger partial charge on any atom is -0.462 e. The second-order valence-corrected chi connectivity index (χ2v) is 19.6. The summed E-state index contributed by atoms with van der Waals surface area (Å²) in [7, 11) is 3.39. The van der Waals surface area contributed by atoms with Crippen molar-refractivity contribution in [3.8, 4) is 12.3 Å². The summed E-state index contributed by atoms with van der Waals surface area (Å²) in [6.45, 7) is 16.7. The minimum absolute atomic E-state index is 0.0408. The van der Waals surface area contributed by atoms with Crippen LogP contribution < -0.4 is 5.73 Å². The van der Waals surface area contributed by atoms with Gasteiger partial charge in [0.15, 0.2) is 5.79 Å². The Labute approximate surface area is 369 Å². The molecule has 1 spiro atoms. The van der Waals surface area contributed by atoms with Gasteiger partial charge in [-0.1, -0.05) is 82.1 Å². The molecule has 20 atom stereocenters. The number of esters is 1. The van der Waals surface area contributed by atoms with E-state index in [2.05, 4.69) is 65.7 Å². The van der Waals surface area contributed by atoms with E-state index in [1.807, 2.05) is 25.2 Å². The molecule has 62 heavy (non-hydrogen) atoms. The number of fused-ring (bicyclic) bond motifs is 2. The lowest BCUT2D eigenvalue weighted by Crippen LogP contribution is -2.66. The average Bonchev–Trinajstić information content (AvgIpc) is 3.58. The lowest BCUT2D eigenvalue weighted by molar-refractivity contribution is -0.300. The molecule has 0 aromatic heterocycles. The van der Waals surface area contributed by atoms with E-state index in [4.69, 9.17) is 50.1 Å². The van der Waals surface area contributed by atoms with E-state index >= 15 is 0 Å². The molecular weight excluding hydrogens is 791 g/mol. The monoisotopic (exact) mass is 864 g/mol. The number of hydrogen-bond donors (Lipinski definition) is 3. The van der Waals surface area contributed by atoms with E-state index in [-0.39, 0.29) is 72.8 Å². The van der Waals surface area contributed by atoms with Crippen molar-refractivity contribution < 1.29 is 52.9 Å². The summed E-state index contributed by atoms with van der Waals surface area (Å²) in [5.41, 5.74) is 5.97. The molecule has 1 aliphatic carbocycles. The molecule has 0 aromatic carbocycles. The lowest BCUT2D eigenvalue weighted by Gasteiger charge is -2.51. The largest absolute Gasteiger partial charge is 0.462 e. The zero-order chi connectivity index (χ0) is 44.9. The standard InChI is InChI=1S/C50H73NO11/c1-12-27(3)45-30(6)19-20-48(62-45)25-36-22-35(61-48)18-17-29(5)42(28(4)15-14-16-34-26-57-46-44(52)31(7)21-37(47(53)60-36)50(34,46)54)39-23-38(55-10)43(32(8)58-39)40-24-41(56-11)49(51,13-2)33(9)59-40/h2,14-17,19-21,27-28,30,32-33,35-46,52,54H,12,18,22-26,51H2,1,3-11H3/b15-14+,29-17+,34-16+/t27?,28-,30-,32-,33-,35+,36-,37-,38-,39+,40+,41-,42?,43?,44+,45+,46+,48+,49+,50+/m0/s1. The Balaban J connectivity index is 1.24. The van der Waals surface area contributed by atoms with Gasteiger partial charge in [0.05, 0.1) is 55.4 Å². The molecule has 3 unspecified atom stereocenters. The molecule has 0 aromatic rings. The highest BCUT2D eigenvalue weighted by molar-refractivity contribution is 5.78. The molecule has 4 N–H and O–H groups in total. The van der Waals surface area contributed by atoms with Crippen LogP contribution in [0.1, 0.15) is 93.9 Å². The highest BCUT2D eigenvalue weighted by atomic mass is 16.7. The first-order chi connectivity index (χ1) is 29.4. The molecule has 4 saturated heterocycles. The van der Waals surface area contributed by atoms with E-state index in [1.165, 1.54) is 0 Å². The Morgan fingerprint density at radius 2 is 1.76 bits per heavy atom. The highest BCUT2D eigenvalue weighted by Crippen LogP contribution is 2.48. The fraction of sp³-hybridized carbons (Fsp3) is 0.740. The number of terminal acetylenes is 1. The molecule has 12 nitrogen and oxygen atoms in total. The fourth-order valence-electron chi connectivity index (χ4n) is 11.8. The van der Waals surface area contributed by atoms with Crippen LogP contribution in [-0.2, 0) is 42.7 Å². The summed E-state index contributed by atoms with van der Waals surface area (Å²) < 4.78 is 52.2. The van der Waals surface area contributed by atoms with Gasteiger partial charge in [0, 0.05) is 57.7 Å². The summed E-state index contributed by atoms with van der Waals surface area (Å²) in [4.78, 5) is 14.4. The second kappa shape index (κ2) is 18.7. The van der Waals surface area contributed by atoms with Crippen molar-refractivity contribution >= 4 is 5.97 Å². The van der Waals surface area contributed by atoms with Crippen molar-refractivity contribution in [3.05, 3.63) is 59.3 Å². The number of nitrogens with two attached hydrogens (primary N) is 1. The Hall–Kier alpha value is -2.67. The Kier molecular flexibility index (Phi) is 14.2. The zero-order valence-corrected chi connectivity index (χ0v) is 38.5. The van der Waals surface area contributed by atoms with Crippen molar-refractivity contribution in [2.75, 3.05) is 20.8 Å². The second-order valence-electron chi connectivity index (χ2n) is 19.6. The minimum atomic E-state index is -1.82. The van der Waals surface area contributed by atoms with Crippen molar-refractivity contribution in [2.45, 2.75) is 178 Å². The van der Waals surface area contributed by atoms with Gasteiger partial charge in [-0.2, -0.15) is 0 Å². The van der Waals surface area contributed by atoms with Gasteiger partial charge in [0.1, 0.15) is 35.4 Å². The Bertz CT molecular complexity index is 1840. The van der Waals surface area contributed by atoms with Gasteiger partial charge in [-0.15, -0.1) is 6.42 Å². The lowest BCUT2D eigenvalue weighted by atomic mass is 9.70. The van der Waals surface area contributed by atoms with Gasteiger partial charge in [-0.05, 0) is 63.2 Å². The van der Waals surface area contributed by atoms with E-state index in [0.717, 1.165) is 12.0 Å². The maximum atomic E-state index is 14.4. The van der Waals surface area contributed by atoms with E-state index in [9.17, 15) is 15.0 Å². The van der Waals surface area contributed by atoms with Crippen LogP contribution in [0.3, 0.4) is 0 Å². The van der Waals surface area contributed by atoms with Gasteiger partial charge in [0.2, 0.25) is 0 Å². The van der Waals surface area contributed by atoms with E-state index in [0.29, 0.717) is 43.3 Å². The molecule has 7 aliphatic rings. The van der Waals surface area contributed by atoms with Crippen LogP contribution in [-0.4, -0.2) is 121 Å². The van der Waals surface area contributed by atoms with Crippen molar-refractivity contribution in [1.82, 2.24) is 0 Å². The molecule has 344 valence electrons. The maximum absolute atomic E-state index is 14.4. The Morgan fingerprint density at radius 3 is 2.45 bits per heavy atom. The number of carbonyl (C=O) groups excluding carboxylic acids is 1. The van der Waals surface area contributed by atoms with Gasteiger partial charge in [-0.25, -0.2) is 0 Å². The first-order valence-corrected chi connectivity index (χ1v) is 23.1. The summed E-state index contributed by atoms with van der Waals surface area (Å²) in [6, 6.07) is 0. The Morgan fingerprint density at radius 1 is 1.00 bits per heavy atom. The van der Waals surface area contributed by atoms with Crippen LogP contribution in [0.25, 0.3) is 0 Å². The molecule has 0 amide bonds. The molecule has 2 bridgehead atoms. The number of allylic oxidation sites excluding steroid dienone is 3. The molecule has 12 heteroatoms. The molecule has 0 saturated carbocycles. The number of aliphatic hydroxyl groups excluding tert-OH is 1. The fourth-order valence-corrected chi connectivity index (χ4v) is 11.8. The number of carbonyl (C=O) groups is 1. The third kappa shape index (κ3) is 8.61. The SMILES string of the molecule is C#C[C@@]1(N)[C@H](C)O[C@@H](C2[C@H](C)O[C@@H](C3/C(C)=C/C[C@@H]4C[C@@H](C[C@]5(C=C[C@H](C)[C@@H](C(C)CC)O5)O4)OC(=O)[C@@H]4C=C(C)[C@@H](O)[C@H]5OC/C(=C\C=C\[C@@H]3C)[C@]54O)C[C@@H]2OC)C[C@@H]1OC. The van der Waals surface area contributed by atoms with E-state index < -0.39 is 59.3 Å². The van der Waals surface area contributed by atoms with Gasteiger partial charge >= 0.3 is 5.97 Å². The van der Waals surface area contributed by atoms with Crippen LogP contribution in [0.15, 0.2) is 59.3 Å². The molecule has 6 heterocycles. The first-order valence-electron chi connectivity index (χ1n) is 23.1. The van der Waals surface area contributed by atoms with Crippen molar-refractivity contribution in [3.63, 3.8) is 0 Å². The smallest absolute Gasteiger partial charge is 0.316 e. The maximum Gasteiger partial charge on any atom is 0.316 e. The van der Waals surface area contributed by atoms with Crippen LogP contribution >= 0.6 is 0 Å². The number of ether oxygens (including phenoxy) is 8. The van der Waals surface area contributed by atoms with Crippen LogP contribution in [0.2, 0.25) is 0 Å². The third-order valence-electron chi connectivity index (χ3n) is 15.7. The highest BCUT2D eigenvalue weighted by Gasteiger charge is 2.60. The van der Waals surface area contributed by atoms with Crippen molar-refractivity contribution in [1.29, 1.82) is 0 Å². The summed E-state index contributed by atoms with van der Waals surface area (Å²) >= 11 is 0. The molecule has 4 fully saturated rings. The summed E-state index contributed by atoms with van der Waals surface area (Å²) in [5.74, 6) is 0.223. The normalized spacial score (nSPS) is 50.2. The predicted octanol–water partition coefficient (Wildman–Crippen LogP) is 5.89. The predicted molar refractivity (Wildman–Crippen MR) is 234 cm³/mol. The zero-order valence-electron chi connectivity index (χ0n) is 38.5. The first kappa shape index (κ1) is 47.3. The van der Waals surface area contributed by atoms with Crippen molar-refractivity contribution in [2.24, 2.45) is 41.2 Å². The van der Waals surface area contributed by atoms with Gasteiger partial charge < -0.3 is 53.8 Å². The van der Waals surface area contributed by atoms with Crippen LogP contribution in [0, 0.1) is 47.9 Å². The number of hydrogen-bond acceptors (Lipinski definition) is 12. The van der Waals surface area contributed by atoms with Crippen LogP contribution in [0.4, 0.5) is 0 Å². The third-order valence-corrected chi connectivity index (χ3v) is 15.7. The number of rotatable bonds is 6. The molecular formula is C50H73NO11. The average molecular weight is 864 g/mol. The topological polar surface area (TPSA) is 157 Å². The van der Waals surface area contributed by atoms with Crippen LogP contribution in [0.5, 0.6) is 0 Å². The van der Waals surface area contributed by atoms with Gasteiger partial charge in [0.25, 0.3) is 0 Å². The number of methoxy groups -OCH3 is 2. The molecule has 6 aliphatic heterocycles. The number of aliphatic hydroxyl groups is 2. The van der Waals surface area contributed by atoms with Gasteiger partial charge in [-0.3, -0.25) is 4.79 Å². The molecule has 0 radical (unpaired) electrons. The summed E-state index contributed by atoms with van der Waals surface area (Å²) in [6.07, 6.45) is 18.4.